The van der Waals surface area contributed by atoms with Crippen LogP contribution in [0.1, 0.15) is 64.2 Å². The largest absolute Gasteiger partial charge is 0.350 e. The molecule has 2 heterocycles. The van der Waals surface area contributed by atoms with Crippen LogP contribution < -0.4 is 5.32 Å². The predicted octanol–water partition coefficient (Wildman–Crippen LogP) is 1.64. The molecule has 150 valence electrons. The van der Waals surface area contributed by atoms with Crippen LogP contribution in [0.5, 0.6) is 0 Å². The Bertz CT molecular complexity index is 750. The van der Waals surface area contributed by atoms with Gasteiger partial charge in [0.15, 0.2) is 9.84 Å². The Morgan fingerprint density at radius 1 is 1.04 bits per heavy atom. The number of likely N-dealkylation sites (tertiary alicyclic amines) is 1. The monoisotopic (exact) mass is 394 g/mol. The highest BCUT2D eigenvalue weighted by molar-refractivity contribution is 7.94. The first kappa shape index (κ1) is 18.0. The number of rotatable bonds is 4. The third-order valence-corrected chi connectivity index (χ3v) is 10.2. The number of fused-ring (bicyclic) bond motifs is 2. The highest BCUT2D eigenvalue weighted by Gasteiger charge is 2.50. The van der Waals surface area contributed by atoms with E-state index in [2.05, 4.69) is 5.32 Å². The van der Waals surface area contributed by atoms with Crippen LogP contribution in [0.3, 0.4) is 0 Å². The fourth-order valence-corrected chi connectivity index (χ4v) is 7.25. The topological polar surface area (TPSA) is 83.6 Å². The maximum atomic E-state index is 12.9. The smallest absolute Gasteiger partial charge is 0.238 e. The zero-order chi connectivity index (χ0) is 18.8. The van der Waals surface area contributed by atoms with E-state index in [0.717, 1.165) is 19.4 Å². The summed E-state index contributed by atoms with van der Waals surface area (Å²) in [4.78, 5) is 27.3. The van der Waals surface area contributed by atoms with E-state index in [-0.39, 0.29) is 29.7 Å². The lowest BCUT2D eigenvalue weighted by atomic mass is 9.78. The molecule has 27 heavy (non-hydrogen) atoms. The van der Waals surface area contributed by atoms with Gasteiger partial charge >= 0.3 is 0 Å². The number of hydrogen-bond donors (Lipinski definition) is 1. The average molecular weight is 395 g/mol. The van der Waals surface area contributed by atoms with E-state index in [1.54, 1.807) is 0 Å². The van der Waals surface area contributed by atoms with Gasteiger partial charge in [-0.25, -0.2) is 8.42 Å². The Balaban J connectivity index is 1.16. The van der Waals surface area contributed by atoms with Gasteiger partial charge in [-0.3, -0.25) is 9.59 Å². The summed E-state index contributed by atoms with van der Waals surface area (Å²) in [6.45, 7) is 0.814. The summed E-state index contributed by atoms with van der Waals surface area (Å²) in [7, 11) is -3.22. The molecule has 1 spiro atoms. The van der Waals surface area contributed by atoms with E-state index < -0.39 is 15.1 Å². The summed E-state index contributed by atoms with van der Waals surface area (Å²) in [6, 6.07) is -0.00955. The van der Waals surface area contributed by atoms with Crippen LogP contribution in [0.15, 0.2) is 0 Å². The second-order valence-electron chi connectivity index (χ2n) is 9.86. The van der Waals surface area contributed by atoms with E-state index in [1.807, 2.05) is 4.90 Å². The van der Waals surface area contributed by atoms with Gasteiger partial charge in [0.1, 0.15) is 5.25 Å². The van der Waals surface area contributed by atoms with Gasteiger partial charge in [-0.05, 0) is 75.0 Å². The average Bonchev–Trinajstić information content (AvgIpc) is 3.07. The quantitative estimate of drug-likeness (QED) is 0.786. The number of amides is 2. The molecule has 4 atom stereocenters. The van der Waals surface area contributed by atoms with Crippen molar-refractivity contribution in [1.29, 1.82) is 0 Å². The second-order valence-corrected chi connectivity index (χ2v) is 12.2. The molecule has 2 aliphatic heterocycles. The van der Waals surface area contributed by atoms with Gasteiger partial charge in [0.2, 0.25) is 11.8 Å². The van der Waals surface area contributed by atoms with Crippen LogP contribution >= 0.6 is 0 Å². The van der Waals surface area contributed by atoms with Gasteiger partial charge in [0, 0.05) is 19.0 Å². The summed E-state index contributed by atoms with van der Waals surface area (Å²) >= 11 is 0. The molecule has 5 rings (SSSR count). The molecule has 0 aromatic rings. The molecule has 3 saturated carbocycles. The molecule has 5 aliphatic rings. The molecular weight excluding hydrogens is 364 g/mol. The fourth-order valence-electron chi connectivity index (χ4n) is 6.00. The summed E-state index contributed by atoms with van der Waals surface area (Å²) in [6.07, 6.45) is 10.7. The molecule has 2 amide bonds. The summed E-state index contributed by atoms with van der Waals surface area (Å²) in [5.41, 5.74) is 0.656. The SMILES string of the molecule is O=C(N[C@@H]1C[C@@H]2C[C@H]1N(C(=O)CC1CCC3(CC1)CC3)C2)C1CCS1(=O)=O. The number of carbonyl (C=O) groups excluding carboxylic acids is 2. The molecule has 0 radical (unpaired) electrons. The normalized spacial score (nSPS) is 38.6. The van der Waals surface area contributed by atoms with E-state index >= 15 is 0 Å². The van der Waals surface area contributed by atoms with Crippen molar-refractivity contribution in [3.63, 3.8) is 0 Å². The number of hydrogen-bond acceptors (Lipinski definition) is 4. The van der Waals surface area contributed by atoms with Crippen LogP contribution in [-0.4, -0.2) is 54.8 Å². The predicted molar refractivity (Wildman–Crippen MR) is 101 cm³/mol. The van der Waals surface area contributed by atoms with Crippen molar-refractivity contribution in [2.24, 2.45) is 17.3 Å². The van der Waals surface area contributed by atoms with Crippen LogP contribution in [0.2, 0.25) is 0 Å². The maximum absolute atomic E-state index is 12.9. The third kappa shape index (κ3) is 3.19. The van der Waals surface area contributed by atoms with Gasteiger partial charge in [-0.15, -0.1) is 0 Å². The van der Waals surface area contributed by atoms with Crippen molar-refractivity contribution in [1.82, 2.24) is 10.2 Å². The van der Waals surface area contributed by atoms with E-state index in [9.17, 15) is 18.0 Å². The maximum Gasteiger partial charge on any atom is 0.238 e. The Morgan fingerprint density at radius 3 is 2.33 bits per heavy atom. The van der Waals surface area contributed by atoms with Gasteiger partial charge in [0.05, 0.1) is 11.8 Å². The molecule has 1 unspecified atom stereocenters. The van der Waals surface area contributed by atoms with Crippen molar-refractivity contribution < 1.29 is 18.0 Å². The number of nitrogens with zero attached hydrogens (tertiary/aromatic N) is 1. The molecule has 0 aromatic carbocycles. The second kappa shape index (κ2) is 6.19. The molecule has 3 aliphatic carbocycles. The lowest BCUT2D eigenvalue weighted by Gasteiger charge is -2.36. The first-order chi connectivity index (χ1) is 12.9. The van der Waals surface area contributed by atoms with Gasteiger partial charge in [-0.1, -0.05) is 0 Å². The van der Waals surface area contributed by atoms with E-state index in [4.69, 9.17) is 0 Å². The lowest BCUT2D eigenvalue weighted by Crippen LogP contribution is -2.56. The van der Waals surface area contributed by atoms with Crippen LogP contribution in [0, 0.1) is 17.3 Å². The van der Waals surface area contributed by atoms with Gasteiger partial charge in [-0.2, -0.15) is 0 Å². The zero-order valence-electron chi connectivity index (χ0n) is 15.9. The third-order valence-electron chi connectivity index (χ3n) is 8.11. The van der Waals surface area contributed by atoms with Crippen molar-refractivity contribution in [3.05, 3.63) is 0 Å². The molecule has 7 heteroatoms. The molecule has 5 fully saturated rings. The van der Waals surface area contributed by atoms with Crippen LogP contribution in [0.25, 0.3) is 0 Å². The first-order valence-electron chi connectivity index (χ1n) is 10.7. The summed E-state index contributed by atoms with van der Waals surface area (Å²) in [5, 5.41) is 2.10. The van der Waals surface area contributed by atoms with Crippen molar-refractivity contribution in [2.75, 3.05) is 12.3 Å². The Labute approximate surface area is 161 Å². The van der Waals surface area contributed by atoms with Crippen molar-refractivity contribution in [2.45, 2.75) is 81.5 Å². The van der Waals surface area contributed by atoms with Crippen LogP contribution in [-0.2, 0) is 19.4 Å². The number of piperidine rings is 1. The number of nitrogens with one attached hydrogen (secondary N) is 1. The van der Waals surface area contributed by atoms with Crippen molar-refractivity contribution >= 4 is 21.7 Å². The molecule has 2 bridgehead atoms. The Morgan fingerprint density at radius 2 is 1.78 bits per heavy atom. The molecular formula is C20H30N2O4S. The van der Waals surface area contributed by atoms with Gasteiger partial charge in [0.25, 0.3) is 0 Å². The van der Waals surface area contributed by atoms with E-state index in [1.165, 1.54) is 38.5 Å². The molecule has 2 saturated heterocycles. The number of carbonyl (C=O) groups is 2. The minimum atomic E-state index is -3.22. The summed E-state index contributed by atoms with van der Waals surface area (Å²) in [5.74, 6) is 0.983. The standard InChI is InChI=1S/C20H30N2O4S/c23-18(11-13-1-4-20(5-2-13)6-7-20)22-12-14-9-15(16(22)10-14)21-19(24)17-3-8-27(17,25)26/h13-17H,1-12H2,(H,21,24)/t14-,15-,16-,17?/m1/s1. The minimum Gasteiger partial charge on any atom is -0.350 e. The number of sulfone groups is 1. The highest BCUT2D eigenvalue weighted by Crippen LogP contribution is 2.57. The van der Waals surface area contributed by atoms with Crippen LogP contribution in [0.4, 0.5) is 0 Å². The first-order valence-corrected chi connectivity index (χ1v) is 12.4. The highest BCUT2D eigenvalue weighted by atomic mass is 32.2. The van der Waals surface area contributed by atoms with Crippen molar-refractivity contribution in [3.8, 4) is 0 Å². The molecule has 6 nitrogen and oxygen atoms in total. The zero-order valence-corrected chi connectivity index (χ0v) is 16.7. The lowest BCUT2D eigenvalue weighted by molar-refractivity contribution is -0.135. The molecule has 1 N–H and O–H groups in total. The van der Waals surface area contributed by atoms with Gasteiger partial charge < -0.3 is 10.2 Å². The minimum absolute atomic E-state index is 0.0626. The summed E-state index contributed by atoms with van der Waals surface area (Å²) < 4.78 is 23.4. The Hall–Kier alpha value is -1.11. The Kier molecular flexibility index (Phi) is 4.12. The fraction of sp³-hybridized carbons (Fsp3) is 0.900. The van der Waals surface area contributed by atoms with E-state index in [0.29, 0.717) is 30.1 Å². The molecule has 0 aromatic heterocycles.